The first-order valence-corrected chi connectivity index (χ1v) is 4.54. The number of fused-ring (bicyclic) bond motifs is 1. The predicted molar refractivity (Wildman–Crippen MR) is 51.5 cm³/mol. The number of ether oxygens (including phenoxy) is 1. The topological polar surface area (TPSA) is 26.3 Å². The zero-order valence-corrected chi connectivity index (χ0v) is 8.04. The van der Waals surface area contributed by atoms with E-state index in [1.165, 1.54) is 6.42 Å². The van der Waals surface area contributed by atoms with Crippen LogP contribution < -0.4 is 0 Å². The Labute approximate surface area is 78.5 Å². The summed E-state index contributed by atoms with van der Waals surface area (Å²) >= 11 is 0. The second kappa shape index (κ2) is 4.65. The highest BCUT2D eigenvalue weighted by molar-refractivity contribution is 5.93. The molecule has 0 atom stereocenters. The number of carbonyl (C=O) groups excluding carboxylic acids is 1. The maximum atomic E-state index is 10.8. The van der Waals surface area contributed by atoms with Gasteiger partial charge in [-0.25, -0.2) is 4.79 Å². The maximum Gasteiger partial charge on any atom is 0.338 e. The summed E-state index contributed by atoms with van der Waals surface area (Å²) in [6, 6.07) is 7.43. The van der Waals surface area contributed by atoms with E-state index in [4.69, 9.17) is 4.74 Å². The second-order valence-corrected chi connectivity index (χ2v) is 2.94. The van der Waals surface area contributed by atoms with Crippen molar-refractivity contribution in [2.45, 2.75) is 26.9 Å². The van der Waals surface area contributed by atoms with E-state index in [2.05, 4.69) is 13.8 Å². The Balaban J connectivity index is 0.000000251. The van der Waals surface area contributed by atoms with Gasteiger partial charge in [-0.05, 0) is 6.07 Å². The lowest BCUT2D eigenvalue weighted by Gasteiger charge is -1.87. The number of cyclic esters (lactones) is 1. The molecule has 1 aliphatic heterocycles. The van der Waals surface area contributed by atoms with Gasteiger partial charge in [0.25, 0.3) is 0 Å². The summed E-state index contributed by atoms with van der Waals surface area (Å²) in [6.45, 7) is 4.69. The molecule has 2 nitrogen and oxygen atoms in total. The molecule has 1 aliphatic rings. The van der Waals surface area contributed by atoms with Gasteiger partial charge in [-0.15, -0.1) is 0 Å². The van der Waals surface area contributed by atoms with Crippen LogP contribution in [0.2, 0.25) is 0 Å². The van der Waals surface area contributed by atoms with Crippen LogP contribution in [0.1, 0.15) is 36.2 Å². The molecule has 2 rings (SSSR count). The SMILES string of the molecule is CCC.O=C1OCc2ccccc21. The van der Waals surface area contributed by atoms with Crippen LogP contribution in [-0.4, -0.2) is 5.97 Å². The third-order valence-corrected chi connectivity index (χ3v) is 1.60. The van der Waals surface area contributed by atoms with Crippen molar-refractivity contribution in [1.82, 2.24) is 0 Å². The van der Waals surface area contributed by atoms with E-state index in [1.807, 2.05) is 18.2 Å². The highest BCUT2D eigenvalue weighted by Gasteiger charge is 2.18. The molecule has 0 amide bonds. The number of hydrogen-bond acceptors (Lipinski definition) is 2. The molecule has 1 aromatic carbocycles. The Morgan fingerprint density at radius 3 is 2.54 bits per heavy atom. The monoisotopic (exact) mass is 178 g/mol. The molecule has 1 aromatic rings. The molecule has 0 saturated carbocycles. The Morgan fingerprint density at radius 1 is 1.31 bits per heavy atom. The fourth-order valence-electron chi connectivity index (χ4n) is 1.07. The summed E-state index contributed by atoms with van der Waals surface area (Å²) in [6.07, 6.45) is 1.25. The van der Waals surface area contributed by atoms with Gasteiger partial charge in [-0.2, -0.15) is 0 Å². The van der Waals surface area contributed by atoms with Crippen LogP contribution in [0, 0.1) is 0 Å². The van der Waals surface area contributed by atoms with E-state index in [1.54, 1.807) is 6.07 Å². The van der Waals surface area contributed by atoms with Gasteiger partial charge < -0.3 is 4.74 Å². The highest BCUT2D eigenvalue weighted by atomic mass is 16.5. The van der Waals surface area contributed by atoms with Crippen molar-refractivity contribution in [3.05, 3.63) is 35.4 Å². The zero-order chi connectivity index (χ0) is 9.68. The maximum absolute atomic E-state index is 10.8. The third-order valence-electron chi connectivity index (χ3n) is 1.60. The largest absolute Gasteiger partial charge is 0.457 e. The van der Waals surface area contributed by atoms with Crippen molar-refractivity contribution >= 4 is 5.97 Å². The molecular weight excluding hydrogens is 164 g/mol. The van der Waals surface area contributed by atoms with Gasteiger partial charge in [0.1, 0.15) is 6.61 Å². The molecule has 0 aromatic heterocycles. The minimum atomic E-state index is -0.199. The number of benzene rings is 1. The molecular formula is C11H14O2. The summed E-state index contributed by atoms with van der Waals surface area (Å²) in [7, 11) is 0. The predicted octanol–water partition coefficient (Wildman–Crippen LogP) is 2.77. The van der Waals surface area contributed by atoms with Crippen LogP contribution in [0.4, 0.5) is 0 Å². The van der Waals surface area contributed by atoms with Gasteiger partial charge in [0.15, 0.2) is 0 Å². The average molecular weight is 178 g/mol. The number of esters is 1. The normalized spacial score (nSPS) is 12.6. The second-order valence-electron chi connectivity index (χ2n) is 2.94. The van der Waals surface area contributed by atoms with Crippen molar-refractivity contribution in [3.8, 4) is 0 Å². The van der Waals surface area contributed by atoms with Gasteiger partial charge in [0.2, 0.25) is 0 Å². The summed E-state index contributed by atoms with van der Waals surface area (Å²) in [4.78, 5) is 10.8. The van der Waals surface area contributed by atoms with Crippen molar-refractivity contribution in [1.29, 1.82) is 0 Å². The fraction of sp³-hybridized carbons (Fsp3) is 0.364. The summed E-state index contributed by atoms with van der Waals surface area (Å²) < 4.78 is 4.78. The lowest BCUT2D eigenvalue weighted by atomic mass is 10.1. The number of rotatable bonds is 0. The van der Waals surface area contributed by atoms with E-state index in [0.717, 1.165) is 5.56 Å². The molecule has 70 valence electrons. The van der Waals surface area contributed by atoms with Crippen LogP contribution >= 0.6 is 0 Å². The molecule has 1 heterocycles. The van der Waals surface area contributed by atoms with Crippen molar-refractivity contribution < 1.29 is 9.53 Å². The Bertz CT molecular complexity index is 292. The van der Waals surface area contributed by atoms with Gasteiger partial charge in [0, 0.05) is 5.56 Å². The van der Waals surface area contributed by atoms with E-state index in [9.17, 15) is 4.79 Å². The van der Waals surface area contributed by atoms with Crippen LogP contribution in [0.25, 0.3) is 0 Å². The molecule has 0 saturated heterocycles. The molecule has 0 aliphatic carbocycles. The van der Waals surface area contributed by atoms with Crippen molar-refractivity contribution in [3.63, 3.8) is 0 Å². The van der Waals surface area contributed by atoms with Gasteiger partial charge >= 0.3 is 5.97 Å². The molecule has 0 unspecified atom stereocenters. The molecule has 0 radical (unpaired) electrons. The molecule has 0 spiro atoms. The van der Waals surface area contributed by atoms with Crippen LogP contribution in [0.5, 0.6) is 0 Å². The van der Waals surface area contributed by atoms with Crippen molar-refractivity contribution in [2.75, 3.05) is 0 Å². The molecule has 0 fully saturated rings. The summed E-state index contributed by atoms with van der Waals surface area (Å²) in [5, 5.41) is 0. The smallest absolute Gasteiger partial charge is 0.338 e. The standard InChI is InChI=1S/C8H6O2.C3H8/c9-8-7-4-2-1-3-6(7)5-10-8;1-3-2/h1-4H,5H2;3H2,1-2H3. The minimum Gasteiger partial charge on any atom is -0.457 e. The number of carbonyl (C=O) groups is 1. The Kier molecular flexibility index (Phi) is 3.50. The Morgan fingerprint density at radius 2 is 1.92 bits per heavy atom. The lowest BCUT2D eigenvalue weighted by molar-refractivity contribution is 0.0535. The fourth-order valence-corrected chi connectivity index (χ4v) is 1.07. The van der Waals surface area contributed by atoms with E-state index in [0.29, 0.717) is 12.2 Å². The first kappa shape index (κ1) is 9.78. The molecule has 2 heteroatoms. The quantitative estimate of drug-likeness (QED) is 0.571. The minimum absolute atomic E-state index is 0.199. The highest BCUT2D eigenvalue weighted by Crippen LogP contribution is 2.17. The van der Waals surface area contributed by atoms with Gasteiger partial charge in [0.05, 0.1) is 5.56 Å². The van der Waals surface area contributed by atoms with Crippen LogP contribution in [0.3, 0.4) is 0 Å². The van der Waals surface area contributed by atoms with E-state index in [-0.39, 0.29) is 5.97 Å². The summed E-state index contributed by atoms with van der Waals surface area (Å²) in [5.74, 6) is -0.199. The Hall–Kier alpha value is -1.31. The molecule has 0 N–H and O–H groups in total. The summed E-state index contributed by atoms with van der Waals surface area (Å²) in [5.41, 5.74) is 1.70. The molecule has 0 bridgehead atoms. The first-order chi connectivity index (χ1) is 6.29. The van der Waals surface area contributed by atoms with Crippen LogP contribution in [-0.2, 0) is 11.3 Å². The lowest BCUT2D eigenvalue weighted by Crippen LogP contribution is -1.91. The van der Waals surface area contributed by atoms with Crippen molar-refractivity contribution in [2.24, 2.45) is 0 Å². The van der Waals surface area contributed by atoms with E-state index < -0.39 is 0 Å². The van der Waals surface area contributed by atoms with Gasteiger partial charge in [-0.3, -0.25) is 0 Å². The zero-order valence-electron chi connectivity index (χ0n) is 8.04. The van der Waals surface area contributed by atoms with E-state index >= 15 is 0 Å². The average Bonchev–Trinajstić information content (AvgIpc) is 2.50. The third kappa shape index (κ3) is 2.31. The molecule has 13 heavy (non-hydrogen) atoms. The van der Waals surface area contributed by atoms with Gasteiger partial charge in [-0.1, -0.05) is 38.5 Å². The number of hydrogen-bond donors (Lipinski definition) is 0. The first-order valence-electron chi connectivity index (χ1n) is 4.54. The van der Waals surface area contributed by atoms with Crippen LogP contribution in [0.15, 0.2) is 24.3 Å².